The Balaban J connectivity index is 1.66. The van der Waals surface area contributed by atoms with E-state index in [9.17, 15) is 0 Å². The molecule has 0 radical (unpaired) electrons. The average Bonchev–Trinajstić information content (AvgIpc) is 2.72. The highest BCUT2D eigenvalue weighted by Gasteiger charge is 2.07. The maximum atomic E-state index is 5.54. The normalized spacial score (nSPS) is 10.5. The van der Waals surface area contributed by atoms with Crippen LogP contribution in [0.1, 0.15) is 11.1 Å². The number of nitrogens with one attached hydrogen (secondary N) is 1. The summed E-state index contributed by atoms with van der Waals surface area (Å²) < 4.78 is 10.8. The Morgan fingerprint density at radius 3 is 2.46 bits per heavy atom. The fourth-order valence-electron chi connectivity index (χ4n) is 2.87. The van der Waals surface area contributed by atoms with Crippen LogP contribution in [0, 0.1) is 0 Å². The molecule has 3 rings (SSSR count). The van der Waals surface area contributed by atoms with Crippen LogP contribution >= 0.6 is 0 Å². The second kappa shape index (κ2) is 9.02. The minimum Gasteiger partial charge on any atom is -0.497 e. The van der Waals surface area contributed by atoms with Gasteiger partial charge in [0, 0.05) is 24.5 Å². The van der Waals surface area contributed by atoms with Gasteiger partial charge in [-0.15, -0.1) is 0 Å². The van der Waals surface area contributed by atoms with Gasteiger partial charge in [0.2, 0.25) is 0 Å². The van der Waals surface area contributed by atoms with Crippen molar-refractivity contribution in [3.8, 4) is 22.6 Å². The largest absolute Gasteiger partial charge is 0.497 e. The highest BCUT2D eigenvalue weighted by atomic mass is 16.5. The number of nitrogens with zero attached hydrogens (tertiary/aromatic N) is 1. The summed E-state index contributed by atoms with van der Waals surface area (Å²) in [5, 5.41) is 3.50. The molecule has 0 aliphatic rings. The zero-order valence-electron chi connectivity index (χ0n) is 15.2. The predicted octanol–water partition coefficient (Wildman–Crippen LogP) is 4.10. The van der Waals surface area contributed by atoms with Gasteiger partial charge in [-0.3, -0.25) is 4.98 Å². The Labute approximate surface area is 154 Å². The standard InChI is InChI=1S/C22H24N2O2/c1-25-20-8-6-19(7-9-20)21-14-18(5-10-22(21)26-2)16-24-13-11-17-4-3-12-23-15-17/h3-10,12,14-15,24H,11,13,16H2,1-2H3. The summed E-state index contributed by atoms with van der Waals surface area (Å²) in [6, 6.07) is 18.4. The number of hydrogen-bond donors (Lipinski definition) is 1. The number of aromatic nitrogens is 1. The van der Waals surface area contributed by atoms with Crippen molar-refractivity contribution in [2.45, 2.75) is 13.0 Å². The maximum Gasteiger partial charge on any atom is 0.126 e. The molecule has 26 heavy (non-hydrogen) atoms. The van der Waals surface area contributed by atoms with Gasteiger partial charge in [0.05, 0.1) is 14.2 Å². The lowest BCUT2D eigenvalue weighted by atomic mass is 10.0. The Kier molecular flexibility index (Phi) is 6.23. The summed E-state index contributed by atoms with van der Waals surface area (Å²) in [6.45, 7) is 1.73. The third-order valence-corrected chi connectivity index (χ3v) is 4.31. The smallest absolute Gasteiger partial charge is 0.126 e. The van der Waals surface area contributed by atoms with E-state index in [2.05, 4.69) is 40.6 Å². The van der Waals surface area contributed by atoms with Gasteiger partial charge < -0.3 is 14.8 Å². The molecule has 0 saturated carbocycles. The lowest BCUT2D eigenvalue weighted by molar-refractivity contribution is 0.414. The fraction of sp³-hybridized carbons (Fsp3) is 0.227. The summed E-state index contributed by atoms with van der Waals surface area (Å²) in [7, 11) is 3.38. The molecule has 1 aromatic heterocycles. The summed E-state index contributed by atoms with van der Waals surface area (Å²) in [5.41, 5.74) is 4.66. The first kappa shape index (κ1) is 18.0. The van der Waals surface area contributed by atoms with Crippen molar-refractivity contribution < 1.29 is 9.47 Å². The van der Waals surface area contributed by atoms with Crippen molar-refractivity contribution in [1.82, 2.24) is 10.3 Å². The molecule has 0 aliphatic heterocycles. The van der Waals surface area contributed by atoms with Gasteiger partial charge in [-0.25, -0.2) is 0 Å². The third-order valence-electron chi connectivity index (χ3n) is 4.31. The third kappa shape index (κ3) is 4.61. The van der Waals surface area contributed by atoms with E-state index in [0.29, 0.717) is 0 Å². The molecule has 0 bridgehead atoms. The minimum absolute atomic E-state index is 0.813. The van der Waals surface area contributed by atoms with E-state index in [1.54, 1.807) is 20.4 Å². The minimum atomic E-state index is 0.813. The van der Waals surface area contributed by atoms with Crippen LogP contribution in [0.3, 0.4) is 0 Å². The topological polar surface area (TPSA) is 43.4 Å². The Hall–Kier alpha value is -2.85. The molecule has 0 aliphatic carbocycles. The van der Waals surface area contributed by atoms with Gasteiger partial charge in [-0.2, -0.15) is 0 Å². The summed E-state index contributed by atoms with van der Waals surface area (Å²) in [4.78, 5) is 4.15. The molecule has 0 atom stereocenters. The molecule has 0 spiro atoms. The van der Waals surface area contributed by atoms with Crippen molar-refractivity contribution in [1.29, 1.82) is 0 Å². The number of benzene rings is 2. The van der Waals surface area contributed by atoms with Gasteiger partial charge in [-0.1, -0.05) is 24.3 Å². The first-order chi connectivity index (χ1) is 12.8. The molecule has 134 valence electrons. The lowest BCUT2D eigenvalue weighted by Crippen LogP contribution is -2.16. The highest BCUT2D eigenvalue weighted by molar-refractivity contribution is 5.71. The Bertz CT molecular complexity index is 817. The molecule has 1 heterocycles. The quantitative estimate of drug-likeness (QED) is 0.623. The average molecular weight is 348 g/mol. The zero-order valence-corrected chi connectivity index (χ0v) is 15.2. The predicted molar refractivity (Wildman–Crippen MR) is 105 cm³/mol. The number of pyridine rings is 1. The van der Waals surface area contributed by atoms with Crippen LogP contribution in [-0.4, -0.2) is 25.7 Å². The van der Waals surface area contributed by atoms with E-state index in [0.717, 1.165) is 42.1 Å². The van der Waals surface area contributed by atoms with Crippen molar-refractivity contribution in [2.75, 3.05) is 20.8 Å². The van der Waals surface area contributed by atoms with Crippen LogP contribution in [0.15, 0.2) is 67.0 Å². The lowest BCUT2D eigenvalue weighted by Gasteiger charge is -2.12. The van der Waals surface area contributed by atoms with Crippen LogP contribution in [0.2, 0.25) is 0 Å². The van der Waals surface area contributed by atoms with Gasteiger partial charge in [0.15, 0.2) is 0 Å². The molecule has 0 saturated heterocycles. The zero-order chi connectivity index (χ0) is 18.2. The molecule has 0 amide bonds. The monoisotopic (exact) mass is 348 g/mol. The Morgan fingerprint density at radius 2 is 1.77 bits per heavy atom. The van der Waals surface area contributed by atoms with Gasteiger partial charge in [-0.05, 0) is 60.0 Å². The number of methoxy groups -OCH3 is 2. The van der Waals surface area contributed by atoms with E-state index in [-0.39, 0.29) is 0 Å². The fourth-order valence-corrected chi connectivity index (χ4v) is 2.87. The molecular formula is C22H24N2O2. The van der Waals surface area contributed by atoms with E-state index >= 15 is 0 Å². The van der Waals surface area contributed by atoms with E-state index < -0.39 is 0 Å². The van der Waals surface area contributed by atoms with E-state index in [4.69, 9.17) is 9.47 Å². The van der Waals surface area contributed by atoms with Gasteiger partial charge >= 0.3 is 0 Å². The summed E-state index contributed by atoms with van der Waals surface area (Å²) in [6.07, 6.45) is 4.68. The second-order valence-electron chi connectivity index (χ2n) is 6.05. The van der Waals surface area contributed by atoms with Gasteiger partial charge in [0.1, 0.15) is 11.5 Å². The van der Waals surface area contributed by atoms with Crippen molar-refractivity contribution in [3.05, 3.63) is 78.1 Å². The molecule has 0 unspecified atom stereocenters. The molecule has 0 fully saturated rings. The second-order valence-corrected chi connectivity index (χ2v) is 6.05. The van der Waals surface area contributed by atoms with E-state index in [1.165, 1.54) is 11.1 Å². The van der Waals surface area contributed by atoms with Crippen molar-refractivity contribution in [2.24, 2.45) is 0 Å². The van der Waals surface area contributed by atoms with Crippen LogP contribution in [-0.2, 0) is 13.0 Å². The SMILES string of the molecule is COc1ccc(-c2cc(CNCCc3cccnc3)ccc2OC)cc1. The first-order valence-electron chi connectivity index (χ1n) is 8.71. The number of hydrogen-bond acceptors (Lipinski definition) is 4. The molecular weight excluding hydrogens is 324 g/mol. The van der Waals surface area contributed by atoms with Crippen LogP contribution in [0.5, 0.6) is 11.5 Å². The molecule has 2 aromatic carbocycles. The number of rotatable bonds is 8. The highest BCUT2D eigenvalue weighted by Crippen LogP contribution is 2.32. The van der Waals surface area contributed by atoms with Crippen LogP contribution in [0.4, 0.5) is 0 Å². The number of ether oxygens (including phenoxy) is 2. The molecule has 1 N–H and O–H groups in total. The molecule has 3 aromatic rings. The molecule has 4 nitrogen and oxygen atoms in total. The van der Waals surface area contributed by atoms with Crippen LogP contribution in [0.25, 0.3) is 11.1 Å². The Morgan fingerprint density at radius 1 is 0.923 bits per heavy atom. The summed E-state index contributed by atoms with van der Waals surface area (Å²) >= 11 is 0. The van der Waals surface area contributed by atoms with Crippen molar-refractivity contribution >= 4 is 0 Å². The maximum absolute atomic E-state index is 5.54. The van der Waals surface area contributed by atoms with Gasteiger partial charge in [0.25, 0.3) is 0 Å². The van der Waals surface area contributed by atoms with Crippen molar-refractivity contribution in [3.63, 3.8) is 0 Å². The summed E-state index contributed by atoms with van der Waals surface area (Å²) in [5.74, 6) is 1.72. The van der Waals surface area contributed by atoms with Crippen LogP contribution < -0.4 is 14.8 Å². The van der Waals surface area contributed by atoms with E-state index in [1.807, 2.05) is 30.5 Å². The first-order valence-corrected chi connectivity index (χ1v) is 8.71. The molecule has 4 heteroatoms.